The fourth-order valence-corrected chi connectivity index (χ4v) is 8.53. The fourth-order valence-electron chi connectivity index (χ4n) is 8.53. The molecule has 0 aliphatic rings. The van der Waals surface area contributed by atoms with Gasteiger partial charge in [-0.2, -0.15) is 0 Å². The number of carbonyl (C=O) groups is 3. The van der Waals surface area contributed by atoms with Crippen LogP contribution in [0.25, 0.3) is 0 Å². The van der Waals surface area contributed by atoms with Crippen molar-refractivity contribution >= 4 is 17.9 Å². The molecule has 0 amide bonds. The van der Waals surface area contributed by atoms with E-state index in [4.69, 9.17) is 14.2 Å². The maximum atomic E-state index is 12.9. The third kappa shape index (κ3) is 57.6. The summed E-state index contributed by atoms with van der Waals surface area (Å²) in [5.74, 6) is -0.907. The van der Waals surface area contributed by atoms with E-state index in [9.17, 15) is 14.4 Å². The standard InChI is InChI=1S/C65H114O6/c1-4-7-10-13-16-19-22-25-28-31-32-35-38-41-44-47-50-53-56-59-65(68)71-62(60-69-63(66)57-54-51-48-45-42-39-36-33-29-26-23-20-17-14-11-8-5-2)61-70-64(67)58-55-52-49-46-43-40-37-34-30-27-24-21-18-15-12-9-6-3/h17-18,20-21,25-30,36,39,62H,4-16,19,22-24,31-35,37-38,40-61H2,1-3H3/b20-17-,21-18-,28-25-,29-26-,30-27-,39-36-/t62-/m1/s1. The Hall–Kier alpha value is -3.15. The van der Waals surface area contributed by atoms with Crippen molar-refractivity contribution in [2.45, 2.75) is 309 Å². The van der Waals surface area contributed by atoms with E-state index in [1.807, 2.05) is 0 Å². The Morgan fingerprint density at radius 1 is 0.282 bits per heavy atom. The van der Waals surface area contributed by atoms with Gasteiger partial charge in [0.15, 0.2) is 6.10 Å². The molecule has 6 nitrogen and oxygen atoms in total. The van der Waals surface area contributed by atoms with Crippen LogP contribution in [-0.4, -0.2) is 37.2 Å². The number of carbonyl (C=O) groups excluding carboxylic acids is 3. The summed E-state index contributed by atoms with van der Waals surface area (Å²) in [7, 11) is 0. The molecule has 0 saturated carbocycles. The predicted octanol–water partition coefficient (Wildman–Crippen LogP) is 20.5. The Labute approximate surface area is 440 Å². The van der Waals surface area contributed by atoms with Crippen LogP contribution < -0.4 is 0 Å². The molecule has 0 aliphatic carbocycles. The highest BCUT2D eigenvalue weighted by Crippen LogP contribution is 2.15. The fraction of sp³-hybridized carbons (Fsp3) is 0.769. The average molecular weight is 992 g/mol. The minimum Gasteiger partial charge on any atom is -0.462 e. The largest absolute Gasteiger partial charge is 0.462 e. The molecule has 0 aliphatic heterocycles. The topological polar surface area (TPSA) is 78.9 Å². The van der Waals surface area contributed by atoms with E-state index in [0.29, 0.717) is 19.3 Å². The third-order valence-corrected chi connectivity index (χ3v) is 13.2. The Bertz CT molecular complexity index is 1320. The van der Waals surface area contributed by atoms with Gasteiger partial charge in [0.2, 0.25) is 0 Å². The number of esters is 3. The quantitative estimate of drug-likeness (QED) is 0.0261. The zero-order valence-corrected chi connectivity index (χ0v) is 47.0. The van der Waals surface area contributed by atoms with E-state index in [0.717, 1.165) is 96.3 Å². The molecule has 0 fully saturated rings. The number of unbranched alkanes of at least 4 members (excludes halogenated alkanes) is 32. The number of hydrogen-bond donors (Lipinski definition) is 0. The summed E-state index contributed by atoms with van der Waals surface area (Å²) in [4.78, 5) is 38.3. The first-order chi connectivity index (χ1) is 35.0. The van der Waals surface area contributed by atoms with E-state index in [-0.39, 0.29) is 31.1 Å². The molecule has 0 spiro atoms. The molecule has 71 heavy (non-hydrogen) atoms. The lowest BCUT2D eigenvalue weighted by molar-refractivity contribution is -0.167. The lowest BCUT2D eigenvalue weighted by Crippen LogP contribution is -2.30. The van der Waals surface area contributed by atoms with Gasteiger partial charge in [0.05, 0.1) is 0 Å². The van der Waals surface area contributed by atoms with Crippen molar-refractivity contribution in [3.05, 3.63) is 72.9 Å². The van der Waals surface area contributed by atoms with Crippen LogP contribution in [0.3, 0.4) is 0 Å². The van der Waals surface area contributed by atoms with Crippen LogP contribution in [0.4, 0.5) is 0 Å². The summed E-state index contributed by atoms with van der Waals surface area (Å²) in [6.45, 7) is 6.58. The molecular weight excluding hydrogens is 877 g/mol. The van der Waals surface area contributed by atoms with Gasteiger partial charge in [-0.05, 0) is 116 Å². The highest BCUT2D eigenvalue weighted by molar-refractivity contribution is 5.71. The van der Waals surface area contributed by atoms with Crippen molar-refractivity contribution in [2.75, 3.05) is 13.2 Å². The molecule has 0 unspecified atom stereocenters. The third-order valence-electron chi connectivity index (χ3n) is 13.2. The summed E-state index contributed by atoms with van der Waals surface area (Å²) in [5.41, 5.74) is 0. The molecule has 410 valence electrons. The van der Waals surface area contributed by atoms with E-state index in [2.05, 4.69) is 93.7 Å². The van der Waals surface area contributed by atoms with Crippen LogP contribution in [0.2, 0.25) is 0 Å². The first-order valence-electron chi connectivity index (χ1n) is 30.4. The Morgan fingerprint density at radius 2 is 0.507 bits per heavy atom. The number of rotatable bonds is 55. The van der Waals surface area contributed by atoms with Gasteiger partial charge in [-0.3, -0.25) is 14.4 Å². The molecular formula is C65H114O6. The van der Waals surface area contributed by atoms with Crippen LogP contribution in [0, 0.1) is 0 Å². The van der Waals surface area contributed by atoms with Gasteiger partial charge in [0.1, 0.15) is 13.2 Å². The summed E-state index contributed by atoms with van der Waals surface area (Å²) in [5, 5.41) is 0. The van der Waals surface area contributed by atoms with Crippen molar-refractivity contribution in [1.29, 1.82) is 0 Å². The minimum absolute atomic E-state index is 0.0868. The molecule has 1 atom stereocenters. The van der Waals surface area contributed by atoms with Crippen molar-refractivity contribution in [1.82, 2.24) is 0 Å². The summed E-state index contributed by atoms with van der Waals surface area (Å²) >= 11 is 0. The van der Waals surface area contributed by atoms with E-state index in [1.165, 1.54) is 167 Å². The number of hydrogen-bond acceptors (Lipinski definition) is 6. The second-order valence-corrected chi connectivity index (χ2v) is 20.2. The van der Waals surface area contributed by atoms with E-state index < -0.39 is 6.10 Å². The molecule has 6 heteroatoms. The second-order valence-electron chi connectivity index (χ2n) is 20.2. The van der Waals surface area contributed by atoms with Crippen molar-refractivity contribution < 1.29 is 28.6 Å². The molecule has 0 rings (SSSR count). The highest BCUT2D eigenvalue weighted by Gasteiger charge is 2.19. The zero-order chi connectivity index (χ0) is 51.4. The first kappa shape index (κ1) is 67.8. The van der Waals surface area contributed by atoms with Gasteiger partial charge in [-0.1, -0.05) is 241 Å². The van der Waals surface area contributed by atoms with Crippen molar-refractivity contribution in [2.24, 2.45) is 0 Å². The maximum absolute atomic E-state index is 12.9. The van der Waals surface area contributed by atoms with E-state index in [1.54, 1.807) is 0 Å². The van der Waals surface area contributed by atoms with E-state index >= 15 is 0 Å². The van der Waals surface area contributed by atoms with Crippen molar-refractivity contribution in [3.8, 4) is 0 Å². The average Bonchev–Trinajstić information content (AvgIpc) is 3.37. The van der Waals surface area contributed by atoms with Crippen LogP contribution in [0.1, 0.15) is 303 Å². The van der Waals surface area contributed by atoms with Crippen LogP contribution in [-0.2, 0) is 28.6 Å². The highest BCUT2D eigenvalue weighted by atomic mass is 16.6. The number of ether oxygens (including phenoxy) is 3. The van der Waals surface area contributed by atoms with Gasteiger partial charge in [-0.25, -0.2) is 0 Å². The maximum Gasteiger partial charge on any atom is 0.306 e. The molecule has 0 aromatic heterocycles. The molecule has 0 aromatic rings. The molecule has 0 heterocycles. The predicted molar refractivity (Wildman–Crippen MR) is 307 cm³/mol. The smallest absolute Gasteiger partial charge is 0.306 e. The summed E-state index contributed by atoms with van der Waals surface area (Å²) < 4.78 is 16.9. The Kier molecular flexibility index (Phi) is 56.8. The van der Waals surface area contributed by atoms with Gasteiger partial charge < -0.3 is 14.2 Å². The molecule has 0 N–H and O–H groups in total. The lowest BCUT2D eigenvalue weighted by atomic mass is 10.1. The Morgan fingerprint density at radius 3 is 0.831 bits per heavy atom. The van der Waals surface area contributed by atoms with Crippen LogP contribution in [0.15, 0.2) is 72.9 Å². The normalized spacial score (nSPS) is 12.5. The second kappa shape index (κ2) is 59.4. The minimum atomic E-state index is -0.790. The van der Waals surface area contributed by atoms with Gasteiger partial charge in [0, 0.05) is 19.3 Å². The van der Waals surface area contributed by atoms with Gasteiger partial charge in [0.25, 0.3) is 0 Å². The summed E-state index contributed by atoms with van der Waals surface area (Å²) in [6.07, 6.45) is 76.0. The van der Waals surface area contributed by atoms with Crippen molar-refractivity contribution in [3.63, 3.8) is 0 Å². The SMILES string of the molecule is CCCCC/C=C\C/C=C\C/C=C\CCCCCCC(=O)OC[C@H](COC(=O)CCCCCCCCC/C=C\C/C=C\CCCCC)OC(=O)CCCCCCCCCCC/C=C\CCCCCCCC. The first-order valence-corrected chi connectivity index (χ1v) is 30.4. The molecule has 0 bridgehead atoms. The molecule has 0 radical (unpaired) electrons. The zero-order valence-electron chi connectivity index (χ0n) is 47.0. The molecule has 0 aromatic carbocycles. The monoisotopic (exact) mass is 991 g/mol. The van der Waals surface area contributed by atoms with Gasteiger partial charge in [-0.15, -0.1) is 0 Å². The number of allylic oxidation sites excluding steroid dienone is 12. The van der Waals surface area contributed by atoms with Crippen LogP contribution >= 0.6 is 0 Å². The molecule has 0 saturated heterocycles. The van der Waals surface area contributed by atoms with Crippen LogP contribution in [0.5, 0.6) is 0 Å². The lowest BCUT2D eigenvalue weighted by Gasteiger charge is -2.18. The van der Waals surface area contributed by atoms with Gasteiger partial charge >= 0.3 is 17.9 Å². The Balaban J connectivity index is 4.42. The summed E-state index contributed by atoms with van der Waals surface area (Å²) in [6, 6.07) is 0.